The standard InChI is InChI=1S/C24H24N4O5S/c29-24(25-19-8-10-20(11-9-19)26-16-4-5-17-26)18-27(21-12-14-22(15-13-21)28(30)31)34(32,33)23-6-2-1-3-7-23/h1-3,6-15H,4-5,16-18H2,(H,25,29). The molecule has 0 spiro atoms. The molecule has 1 saturated heterocycles. The van der Waals surface area contributed by atoms with Crippen molar-refractivity contribution in [3.05, 3.63) is 89.0 Å². The summed E-state index contributed by atoms with van der Waals surface area (Å²) in [6.45, 7) is 1.52. The summed E-state index contributed by atoms with van der Waals surface area (Å²) in [7, 11) is -4.10. The van der Waals surface area contributed by atoms with Gasteiger partial charge in [-0.1, -0.05) is 18.2 Å². The van der Waals surface area contributed by atoms with E-state index >= 15 is 0 Å². The van der Waals surface area contributed by atoms with Gasteiger partial charge in [0, 0.05) is 36.6 Å². The molecule has 1 aliphatic heterocycles. The maximum Gasteiger partial charge on any atom is 0.269 e. The lowest BCUT2D eigenvalue weighted by atomic mass is 10.2. The summed E-state index contributed by atoms with van der Waals surface area (Å²) in [6.07, 6.45) is 2.32. The van der Waals surface area contributed by atoms with Crippen molar-refractivity contribution < 1.29 is 18.1 Å². The number of hydrogen-bond donors (Lipinski definition) is 1. The third-order valence-corrected chi connectivity index (χ3v) is 7.38. The number of nitrogens with zero attached hydrogens (tertiary/aromatic N) is 3. The SMILES string of the molecule is O=C(CN(c1ccc([N+](=O)[O-])cc1)S(=O)(=O)c1ccccc1)Nc1ccc(N2CCCC2)cc1. The first-order chi connectivity index (χ1) is 16.3. The zero-order valence-corrected chi connectivity index (χ0v) is 19.1. The highest BCUT2D eigenvalue weighted by molar-refractivity contribution is 7.92. The Morgan fingerprint density at radius 2 is 1.56 bits per heavy atom. The van der Waals surface area contributed by atoms with Crippen LogP contribution < -0.4 is 14.5 Å². The molecule has 10 heteroatoms. The molecule has 176 valence electrons. The minimum atomic E-state index is -4.10. The Labute approximate surface area is 197 Å². The van der Waals surface area contributed by atoms with Gasteiger partial charge in [-0.05, 0) is 61.4 Å². The Morgan fingerprint density at radius 1 is 0.941 bits per heavy atom. The molecule has 3 aromatic carbocycles. The van der Waals surface area contributed by atoms with E-state index in [1.165, 1.54) is 36.4 Å². The summed E-state index contributed by atoms with van der Waals surface area (Å²) >= 11 is 0. The van der Waals surface area contributed by atoms with Crippen LogP contribution in [0.3, 0.4) is 0 Å². The number of carbonyl (C=O) groups excluding carboxylic acids is 1. The van der Waals surface area contributed by atoms with Gasteiger partial charge < -0.3 is 10.2 Å². The van der Waals surface area contributed by atoms with Gasteiger partial charge in [-0.25, -0.2) is 8.42 Å². The van der Waals surface area contributed by atoms with Crippen molar-refractivity contribution in [1.29, 1.82) is 0 Å². The maximum atomic E-state index is 13.3. The lowest BCUT2D eigenvalue weighted by Gasteiger charge is -2.24. The Kier molecular flexibility index (Phi) is 6.78. The fraction of sp³-hybridized carbons (Fsp3) is 0.208. The van der Waals surface area contributed by atoms with Crippen LogP contribution in [-0.2, 0) is 14.8 Å². The Bertz CT molecular complexity index is 1260. The number of hydrogen-bond acceptors (Lipinski definition) is 6. The molecule has 1 aliphatic rings. The molecule has 1 amide bonds. The second-order valence-electron chi connectivity index (χ2n) is 7.89. The van der Waals surface area contributed by atoms with Gasteiger partial charge in [-0.3, -0.25) is 19.2 Å². The highest BCUT2D eigenvalue weighted by atomic mass is 32.2. The van der Waals surface area contributed by atoms with E-state index < -0.39 is 27.4 Å². The number of anilines is 3. The molecular weight excluding hydrogens is 456 g/mol. The first-order valence-electron chi connectivity index (χ1n) is 10.8. The number of rotatable bonds is 8. The van der Waals surface area contributed by atoms with Crippen molar-refractivity contribution in [3.8, 4) is 0 Å². The molecule has 1 heterocycles. The molecule has 0 atom stereocenters. The van der Waals surface area contributed by atoms with Gasteiger partial charge in [0.05, 0.1) is 15.5 Å². The van der Waals surface area contributed by atoms with Crippen molar-refractivity contribution in [3.63, 3.8) is 0 Å². The summed E-state index contributed by atoms with van der Waals surface area (Å²) < 4.78 is 27.6. The molecule has 1 N–H and O–H groups in total. The van der Waals surface area contributed by atoms with E-state index in [9.17, 15) is 23.3 Å². The monoisotopic (exact) mass is 480 g/mol. The quantitative estimate of drug-likeness (QED) is 0.385. The molecule has 3 aromatic rings. The fourth-order valence-electron chi connectivity index (χ4n) is 3.84. The predicted molar refractivity (Wildman–Crippen MR) is 131 cm³/mol. The van der Waals surface area contributed by atoms with E-state index in [0.29, 0.717) is 5.69 Å². The average Bonchev–Trinajstić information content (AvgIpc) is 3.39. The largest absolute Gasteiger partial charge is 0.372 e. The predicted octanol–water partition coefficient (Wildman–Crippen LogP) is 4.03. The van der Waals surface area contributed by atoms with Crippen molar-refractivity contribution in [1.82, 2.24) is 0 Å². The second-order valence-corrected chi connectivity index (χ2v) is 9.75. The van der Waals surface area contributed by atoms with Crippen LogP contribution in [0.2, 0.25) is 0 Å². The third-order valence-electron chi connectivity index (χ3n) is 5.59. The Morgan fingerprint density at radius 3 is 2.15 bits per heavy atom. The van der Waals surface area contributed by atoms with Crippen LogP contribution in [0, 0.1) is 10.1 Å². The molecule has 0 bridgehead atoms. The molecule has 4 rings (SSSR count). The number of benzene rings is 3. The van der Waals surface area contributed by atoms with E-state index in [4.69, 9.17) is 0 Å². The normalized spacial score (nSPS) is 13.5. The molecule has 9 nitrogen and oxygen atoms in total. The summed E-state index contributed by atoms with van der Waals surface area (Å²) in [5, 5.41) is 13.7. The van der Waals surface area contributed by atoms with Crippen molar-refractivity contribution in [2.24, 2.45) is 0 Å². The van der Waals surface area contributed by atoms with E-state index in [2.05, 4.69) is 10.2 Å². The third kappa shape index (κ3) is 5.18. The lowest BCUT2D eigenvalue weighted by molar-refractivity contribution is -0.384. The van der Waals surface area contributed by atoms with E-state index in [-0.39, 0.29) is 16.3 Å². The van der Waals surface area contributed by atoms with Gasteiger partial charge in [0.15, 0.2) is 0 Å². The molecule has 1 fully saturated rings. The summed E-state index contributed by atoms with van der Waals surface area (Å²) in [4.78, 5) is 25.6. The molecular formula is C24H24N4O5S. The molecule has 0 unspecified atom stereocenters. The number of nitro benzene ring substituents is 1. The summed E-state index contributed by atoms with van der Waals surface area (Å²) in [5.74, 6) is -0.535. The molecule has 0 radical (unpaired) electrons. The van der Waals surface area contributed by atoms with Gasteiger partial charge >= 0.3 is 0 Å². The van der Waals surface area contributed by atoms with Crippen LogP contribution in [0.1, 0.15) is 12.8 Å². The zero-order valence-electron chi connectivity index (χ0n) is 18.3. The first kappa shape index (κ1) is 23.2. The minimum absolute atomic E-state index is 0.0103. The van der Waals surface area contributed by atoms with Crippen LogP contribution in [0.4, 0.5) is 22.7 Å². The van der Waals surface area contributed by atoms with E-state index in [0.717, 1.165) is 35.9 Å². The average molecular weight is 481 g/mol. The van der Waals surface area contributed by atoms with Crippen molar-refractivity contribution >= 4 is 38.7 Å². The van der Waals surface area contributed by atoms with Gasteiger partial charge in [-0.2, -0.15) is 0 Å². The molecule has 34 heavy (non-hydrogen) atoms. The van der Waals surface area contributed by atoms with E-state index in [1.807, 2.05) is 12.1 Å². The topological polar surface area (TPSA) is 113 Å². The van der Waals surface area contributed by atoms with Gasteiger partial charge in [-0.15, -0.1) is 0 Å². The van der Waals surface area contributed by atoms with Crippen molar-refractivity contribution in [2.75, 3.05) is 34.2 Å². The van der Waals surface area contributed by atoms with Crippen LogP contribution in [0.15, 0.2) is 83.8 Å². The number of amides is 1. The Balaban J connectivity index is 1.56. The van der Waals surface area contributed by atoms with Crippen LogP contribution in [0.25, 0.3) is 0 Å². The number of carbonyl (C=O) groups is 1. The maximum absolute atomic E-state index is 13.3. The Hall–Kier alpha value is -3.92. The highest BCUT2D eigenvalue weighted by Gasteiger charge is 2.27. The minimum Gasteiger partial charge on any atom is -0.372 e. The van der Waals surface area contributed by atoms with Crippen molar-refractivity contribution in [2.45, 2.75) is 17.7 Å². The summed E-state index contributed by atoms with van der Waals surface area (Å²) in [6, 6.07) is 20.2. The van der Waals surface area contributed by atoms with E-state index in [1.54, 1.807) is 30.3 Å². The number of nitro groups is 1. The van der Waals surface area contributed by atoms with Gasteiger partial charge in [0.25, 0.3) is 15.7 Å². The highest BCUT2D eigenvalue weighted by Crippen LogP contribution is 2.26. The zero-order chi connectivity index (χ0) is 24.1. The number of sulfonamides is 1. The van der Waals surface area contributed by atoms with Gasteiger partial charge in [0.2, 0.25) is 5.91 Å². The smallest absolute Gasteiger partial charge is 0.269 e. The second kappa shape index (κ2) is 9.92. The molecule has 0 aliphatic carbocycles. The fourth-order valence-corrected chi connectivity index (χ4v) is 5.28. The van der Waals surface area contributed by atoms with Gasteiger partial charge in [0.1, 0.15) is 6.54 Å². The molecule has 0 saturated carbocycles. The van der Waals surface area contributed by atoms with Crippen LogP contribution >= 0.6 is 0 Å². The number of non-ortho nitro benzene ring substituents is 1. The summed E-state index contributed by atoms with van der Waals surface area (Å²) in [5.41, 5.74) is 1.60. The number of nitrogens with one attached hydrogen (secondary N) is 1. The van der Waals surface area contributed by atoms with Crippen LogP contribution in [0.5, 0.6) is 0 Å². The first-order valence-corrected chi connectivity index (χ1v) is 12.3. The molecule has 0 aromatic heterocycles. The lowest BCUT2D eigenvalue weighted by Crippen LogP contribution is -2.38. The van der Waals surface area contributed by atoms with Crippen LogP contribution in [-0.4, -0.2) is 38.9 Å².